The quantitative estimate of drug-likeness (QED) is 0.827. The first kappa shape index (κ1) is 18.6. The van der Waals surface area contributed by atoms with Crippen molar-refractivity contribution in [2.75, 3.05) is 6.61 Å². The zero-order valence-electron chi connectivity index (χ0n) is 14.0. The average Bonchev–Trinajstić information content (AvgIpc) is 2.88. The normalized spacial score (nSPS) is 28.5. The molecule has 0 aromatic heterocycles. The van der Waals surface area contributed by atoms with E-state index in [1.54, 1.807) is 6.92 Å². The van der Waals surface area contributed by atoms with Crippen molar-refractivity contribution in [1.29, 1.82) is 0 Å². The fourth-order valence-corrected chi connectivity index (χ4v) is 3.39. The molecule has 1 aromatic carbocycles. The maximum Gasteiger partial charge on any atom is 0.439 e. The SMILES string of the molecule is C[C@@H]1CCC2=NN(C(=O)COc3ccc(F)cc3)[C@](O)(C(F)(F)F)[C@H]2C1. The molecule has 0 bridgehead atoms. The summed E-state index contributed by atoms with van der Waals surface area (Å²) in [4.78, 5) is 12.3. The van der Waals surface area contributed by atoms with Gasteiger partial charge in [-0.3, -0.25) is 4.79 Å². The number of nitrogens with zero attached hydrogens (tertiary/aromatic N) is 2. The molecule has 1 aliphatic carbocycles. The Morgan fingerprint density at radius 1 is 1.38 bits per heavy atom. The van der Waals surface area contributed by atoms with Crippen LogP contribution in [0.15, 0.2) is 29.4 Å². The molecule has 1 saturated carbocycles. The maximum atomic E-state index is 13.7. The van der Waals surface area contributed by atoms with Crippen molar-refractivity contribution in [2.45, 2.75) is 38.1 Å². The Bertz CT molecular complexity index is 720. The van der Waals surface area contributed by atoms with Gasteiger partial charge in [0.25, 0.3) is 11.6 Å². The Morgan fingerprint density at radius 3 is 2.65 bits per heavy atom. The van der Waals surface area contributed by atoms with E-state index in [2.05, 4.69) is 5.10 Å². The van der Waals surface area contributed by atoms with Crippen LogP contribution in [0.25, 0.3) is 0 Å². The van der Waals surface area contributed by atoms with Gasteiger partial charge in [-0.2, -0.15) is 23.3 Å². The third-order valence-electron chi connectivity index (χ3n) is 4.80. The zero-order chi connectivity index (χ0) is 19.1. The van der Waals surface area contributed by atoms with E-state index >= 15 is 0 Å². The lowest BCUT2D eigenvalue weighted by Crippen LogP contribution is -2.62. The van der Waals surface area contributed by atoms with Gasteiger partial charge in [0.2, 0.25) is 0 Å². The van der Waals surface area contributed by atoms with E-state index in [1.165, 1.54) is 12.1 Å². The van der Waals surface area contributed by atoms with Crippen molar-refractivity contribution in [2.24, 2.45) is 16.9 Å². The smallest absolute Gasteiger partial charge is 0.439 e. The van der Waals surface area contributed by atoms with Gasteiger partial charge in [0.15, 0.2) is 6.61 Å². The summed E-state index contributed by atoms with van der Waals surface area (Å²) in [6, 6.07) is 4.68. The number of carbonyl (C=O) groups excluding carboxylic acids is 1. The highest BCUT2D eigenvalue weighted by Crippen LogP contribution is 2.49. The van der Waals surface area contributed by atoms with Gasteiger partial charge in [0.1, 0.15) is 11.6 Å². The summed E-state index contributed by atoms with van der Waals surface area (Å²) in [5.74, 6) is -2.81. The Balaban J connectivity index is 1.81. The fraction of sp³-hybridized carbons (Fsp3) is 0.529. The number of hydrogen-bond donors (Lipinski definition) is 1. The summed E-state index contributed by atoms with van der Waals surface area (Å²) >= 11 is 0. The number of carbonyl (C=O) groups is 1. The van der Waals surface area contributed by atoms with Gasteiger partial charge in [0, 0.05) is 5.71 Å². The highest BCUT2D eigenvalue weighted by molar-refractivity contribution is 5.93. The van der Waals surface area contributed by atoms with Gasteiger partial charge in [-0.15, -0.1) is 0 Å². The van der Waals surface area contributed by atoms with E-state index in [4.69, 9.17) is 4.74 Å². The minimum Gasteiger partial charge on any atom is -0.484 e. The van der Waals surface area contributed by atoms with Gasteiger partial charge < -0.3 is 9.84 Å². The number of halogens is 4. The molecule has 1 amide bonds. The first-order valence-corrected chi connectivity index (χ1v) is 8.21. The Hall–Kier alpha value is -2.16. The van der Waals surface area contributed by atoms with Crippen LogP contribution in [-0.4, -0.2) is 40.2 Å². The third-order valence-corrected chi connectivity index (χ3v) is 4.80. The number of fused-ring (bicyclic) bond motifs is 1. The summed E-state index contributed by atoms with van der Waals surface area (Å²) in [6.07, 6.45) is -4.02. The summed E-state index contributed by atoms with van der Waals surface area (Å²) in [6.45, 7) is 1.04. The molecule has 3 atom stereocenters. The molecule has 1 N–H and O–H groups in total. The summed E-state index contributed by atoms with van der Waals surface area (Å²) in [5.41, 5.74) is -3.20. The van der Waals surface area contributed by atoms with Crippen molar-refractivity contribution in [3.8, 4) is 5.75 Å². The van der Waals surface area contributed by atoms with E-state index in [9.17, 15) is 27.5 Å². The molecular weight excluding hydrogens is 356 g/mol. The Kier molecular flexibility index (Phi) is 4.68. The van der Waals surface area contributed by atoms with E-state index in [0.717, 1.165) is 12.1 Å². The number of hydrazone groups is 1. The second-order valence-corrected chi connectivity index (χ2v) is 6.70. The van der Waals surface area contributed by atoms with E-state index in [1.807, 2.05) is 0 Å². The standard InChI is InChI=1S/C17H18F4N2O3/c1-10-2-7-14-13(8-10)16(25,17(19,20)21)23(22-14)15(24)9-26-12-5-3-11(18)4-6-12/h3-6,10,13,25H,2,7-9H2,1H3/t10-,13+,16-/m1/s1. The van der Waals surface area contributed by atoms with Crippen LogP contribution in [0.4, 0.5) is 17.6 Å². The van der Waals surface area contributed by atoms with Crippen molar-refractivity contribution in [1.82, 2.24) is 5.01 Å². The molecule has 0 spiro atoms. The van der Waals surface area contributed by atoms with Gasteiger partial charge in [0.05, 0.1) is 5.92 Å². The van der Waals surface area contributed by atoms with Crippen molar-refractivity contribution in [3.05, 3.63) is 30.1 Å². The minimum atomic E-state index is -5.06. The molecule has 9 heteroatoms. The lowest BCUT2D eigenvalue weighted by atomic mass is 9.76. The Morgan fingerprint density at radius 2 is 2.04 bits per heavy atom. The highest BCUT2D eigenvalue weighted by atomic mass is 19.4. The summed E-state index contributed by atoms with van der Waals surface area (Å²) < 4.78 is 59.0. The molecule has 0 saturated heterocycles. The molecule has 1 aromatic rings. The van der Waals surface area contributed by atoms with Crippen LogP contribution in [0.2, 0.25) is 0 Å². The summed E-state index contributed by atoms with van der Waals surface area (Å²) in [7, 11) is 0. The Labute approximate surface area is 147 Å². The summed E-state index contributed by atoms with van der Waals surface area (Å²) in [5, 5.41) is 14.4. The van der Waals surface area contributed by atoms with Gasteiger partial charge in [-0.1, -0.05) is 6.92 Å². The molecule has 3 rings (SSSR count). The molecule has 1 fully saturated rings. The van der Waals surface area contributed by atoms with Crippen LogP contribution >= 0.6 is 0 Å². The number of amides is 1. The molecule has 1 aliphatic heterocycles. The van der Waals surface area contributed by atoms with Crippen LogP contribution in [0.3, 0.4) is 0 Å². The first-order valence-electron chi connectivity index (χ1n) is 8.21. The lowest BCUT2D eigenvalue weighted by Gasteiger charge is -2.39. The van der Waals surface area contributed by atoms with Crippen molar-refractivity contribution in [3.63, 3.8) is 0 Å². The van der Waals surface area contributed by atoms with Crippen molar-refractivity contribution < 1.29 is 32.2 Å². The molecular formula is C17H18F4N2O3. The number of alkyl halides is 3. The first-order chi connectivity index (χ1) is 12.1. The maximum absolute atomic E-state index is 13.7. The fourth-order valence-electron chi connectivity index (χ4n) is 3.39. The second kappa shape index (κ2) is 6.53. The monoisotopic (exact) mass is 374 g/mol. The van der Waals surface area contributed by atoms with Gasteiger partial charge in [-0.25, -0.2) is 4.39 Å². The number of ether oxygens (including phenoxy) is 1. The number of benzene rings is 1. The predicted molar refractivity (Wildman–Crippen MR) is 83.7 cm³/mol. The van der Waals surface area contributed by atoms with Crippen LogP contribution in [0.1, 0.15) is 26.2 Å². The zero-order valence-corrected chi connectivity index (χ0v) is 14.0. The molecule has 0 radical (unpaired) electrons. The minimum absolute atomic E-state index is 0.0154. The molecule has 0 unspecified atom stereocenters. The number of rotatable bonds is 3. The molecule has 2 aliphatic rings. The third kappa shape index (κ3) is 3.15. The van der Waals surface area contributed by atoms with Crippen LogP contribution in [0, 0.1) is 17.7 Å². The molecule has 142 valence electrons. The highest BCUT2D eigenvalue weighted by Gasteiger charge is 2.68. The molecule has 1 heterocycles. The topological polar surface area (TPSA) is 62.1 Å². The van der Waals surface area contributed by atoms with Crippen LogP contribution in [0.5, 0.6) is 5.75 Å². The average molecular weight is 374 g/mol. The van der Waals surface area contributed by atoms with Crippen LogP contribution in [-0.2, 0) is 4.79 Å². The second-order valence-electron chi connectivity index (χ2n) is 6.70. The number of aliphatic hydroxyl groups is 1. The van der Waals surface area contributed by atoms with Crippen molar-refractivity contribution >= 4 is 11.6 Å². The molecule has 5 nitrogen and oxygen atoms in total. The number of hydrogen-bond acceptors (Lipinski definition) is 4. The predicted octanol–water partition coefficient (Wildman–Crippen LogP) is 3.09. The van der Waals surface area contributed by atoms with Crippen LogP contribution < -0.4 is 4.74 Å². The lowest BCUT2D eigenvalue weighted by molar-refractivity contribution is -0.318. The van der Waals surface area contributed by atoms with E-state index in [-0.39, 0.29) is 28.8 Å². The molecule has 26 heavy (non-hydrogen) atoms. The van der Waals surface area contributed by atoms with Gasteiger partial charge in [-0.05, 0) is 49.4 Å². The van der Waals surface area contributed by atoms with E-state index in [0.29, 0.717) is 12.8 Å². The van der Waals surface area contributed by atoms with E-state index < -0.39 is 36.2 Å². The van der Waals surface area contributed by atoms with Gasteiger partial charge >= 0.3 is 6.18 Å². The largest absolute Gasteiger partial charge is 0.484 e.